The molecule has 0 bridgehead atoms. The van der Waals surface area contributed by atoms with Crippen molar-refractivity contribution in [3.63, 3.8) is 0 Å². The Morgan fingerprint density at radius 3 is 2.31 bits per heavy atom. The quantitative estimate of drug-likeness (QED) is 0.479. The number of hydrogen-bond donors (Lipinski definition) is 1. The van der Waals surface area contributed by atoms with Crippen LogP contribution >= 0.6 is 0 Å². The minimum absolute atomic E-state index is 0.176. The first-order valence-corrected chi connectivity index (χ1v) is 9.60. The first kappa shape index (κ1) is 23.1. The molecule has 0 fully saturated rings. The zero-order chi connectivity index (χ0) is 23.3. The lowest BCUT2D eigenvalue weighted by atomic mass is 10.1. The maximum absolute atomic E-state index is 12.6. The molecule has 1 amide bonds. The van der Waals surface area contributed by atoms with Gasteiger partial charge < -0.3 is 19.5 Å². The van der Waals surface area contributed by atoms with Crippen LogP contribution in [0.1, 0.15) is 34.8 Å². The highest BCUT2D eigenvalue weighted by molar-refractivity contribution is 6.05. The summed E-state index contributed by atoms with van der Waals surface area (Å²) in [5.74, 6) is -0.149. The highest BCUT2D eigenvalue weighted by Crippen LogP contribution is 2.29. The van der Waals surface area contributed by atoms with E-state index in [0.717, 1.165) is 11.8 Å². The van der Waals surface area contributed by atoms with Gasteiger partial charge in [0, 0.05) is 18.9 Å². The molecule has 0 aliphatic carbocycles. The molecule has 1 aromatic heterocycles. The van der Waals surface area contributed by atoms with Gasteiger partial charge in [-0.2, -0.15) is 0 Å². The van der Waals surface area contributed by atoms with Gasteiger partial charge in [0.15, 0.2) is 0 Å². The fourth-order valence-corrected chi connectivity index (χ4v) is 2.84. The van der Waals surface area contributed by atoms with Gasteiger partial charge in [0.25, 0.3) is 5.91 Å². The van der Waals surface area contributed by atoms with Crippen LogP contribution in [0.2, 0.25) is 0 Å². The highest BCUT2D eigenvalue weighted by Gasteiger charge is 2.31. The fourth-order valence-electron chi connectivity index (χ4n) is 2.84. The number of pyridine rings is 1. The molecule has 0 saturated carbocycles. The van der Waals surface area contributed by atoms with Crippen molar-refractivity contribution < 1.29 is 32.2 Å². The van der Waals surface area contributed by atoms with E-state index in [1.165, 1.54) is 18.2 Å². The number of anilines is 1. The molecule has 0 radical (unpaired) electrons. The molecule has 1 N–H and O–H groups in total. The van der Waals surface area contributed by atoms with Crippen molar-refractivity contribution in [3.05, 3.63) is 77.6 Å². The predicted molar refractivity (Wildman–Crippen MR) is 112 cm³/mol. The molecule has 1 heterocycles. The Morgan fingerprint density at radius 1 is 1.00 bits per heavy atom. The Hall–Kier alpha value is -3.59. The van der Waals surface area contributed by atoms with Crippen LogP contribution in [0, 0.1) is 6.92 Å². The number of carbonyl (C=O) groups is 1. The van der Waals surface area contributed by atoms with Gasteiger partial charge in [-0.05, 0) is 62.4 Å². The molecule has 6 nitrogen and oxygen atoms in total. The van der Waals surface area contributed by atoms with E-state index < -0.39 is 6.36 Å². The molecular weight excluding hydrogens is 425 g/mol. The minimum atomic E-state index is -4.78. The lowest BCUT2D eigenvalue weighted by molar-refractivity contribution is -0.274. The SMILES string of the molecule is COC(C)c1ccc(C(=O)Nc2ccc(Oc3cccc(OC(F)(F)F)c3)cc2)c(C)n1. The molecule has 1 unspecified atom stereocenters. The number of aryl methyl sites for hydroxylation is 1. The molecule has 1 atom stereocenters. The number of nitrogens with one attached hydrogen (secondary N) is 1. The summed E-state index contributed by atoms with van der Waals surface area (Å²) in [6.07, 6.45) is -4.96. The van der Waals surface area contributed by atoms with Crippen LogP contribution in [0.25, 0.3) is 0 Å². The summed E-state index contributed by atoms with van der Waals surface area (Å²) in [7, 11) is 1.59. The Morgan fingerprint density at radius 2 is 1.69 bits per heavy atom. The minimum Gasteiger partial charge on any atom is -0.457 e. The van der Waals surface area contributed by atoms with Crippen LogP contribution in [0.5, 0.6) is 17.2 Å². The number of hydrogen-bond acceptors (Lipinski definition) is 5. The van der Waals surface area contributed by atoms with E-state index in [1.54, 1.807) is 50.4 Å². The van der Waals surface area contributed by atoms with Gasteiger partial charge in [-0.15, -0.1) is 13.2 Å². The number of halogens is 3. The third kappa shape index (κ3) is 6.21. The Labute approximate surface area is 183 Å². The maximum atomic E-state index is 12.6. The molecular formula is C23H21F3N2O4. The van der Waals surface area contributed by atoms with Crippen LogP contribution < -0.4 is 14.8 Å². The molecule has 3 aromatic rings. The largest absolute Gasteiger partial charge is 0.573 e. The molecule has 0 spiro atoms. The first-order chi connectivity index (χ1) is 15.1. The van der Waals surface area contributed by atoms with E-state index in [1.807, 2.05) is 6.92 Å². The Kier molecular flexibility index (Phi) is 6.99. The van der Waals surface area contributed by atoms with Crippen LogP contribution in [0.15, 0.2) is 60.7 Å². The van der Waals surface area contributed by atoms with Gasteiger partial charge in [-0.25, -0.2) is 0 Å². The smallest absolute Gasteiger partial charge is 0.457 e. The summed E-state index contributed by atoms with van der Waals surface area (Å²) in [5.41, 5.74) is 2.25. The average Bonchev–Trinajstić information content (AvgIpc) is 2.73. The molecule has 0 aliphatic heterocycles. The first-order valence-electron chi connectivity index (χ1n) is 9.60. The van der Waals surface area contributed by atoms with Crippen molar-refractivity contribution in [2.45, 2.75) is 26.3 Å². The number of alkyl halides is 3. The molecule has 168 valence electrons. The lowest BCUT2D eigenvalue weighted by Crippen LogP contribution is -2.17. The normalized spacial score (nSPS) is 12.2. The molecule has 0 saturated heterocycles. The summed E-state index contributed by atoms with van der Waals surface area (Å²) in [6.45, 7) is 3.61. The molecule has 2 aromatic carbocycles. The van der Waals surface area contributed by atoms with Gasteiger partial charge in [0.05, 0.1) is 23.1 Å². The summed E-state index contributed by atoms with van der Waals surface area (Å²) in [5, 5.41) is 2.78. The number of carbonyl (C=O) groups excluding carboxylic acids is 1. The van der Waals surface area contributed by atoms with Crippen LogP contribution in [-0.4, -0.2) is 24.4 Å². The second-order valence-electron chi connectivity index (χ2n) is 6.85. The molecule has 3 rings (SSSR count). The number of ether oxygens (including phenoxy) is 3. The topological polar surface area (TPSA) is 69.7 Å². The van der Waals surface area contributed by atoms with E-state index in [0.29, 0.717) is 22.7 Å². The zero-order valence-electron chi connectivity index (χ0n) is 17.6. The van der Waals surface area contributed by atoms with Gasteiger partial charge in [0.1, 0.15) is 17.2 Å². The lowest BCUT2D eigenvalue weighted by Gasteiger charge is -2.13. The maximum Gasteiger partial charge on any atom is 0.573 e. The van der Waals surface area contributed by atoms with Gasteiger partial charge in [-0.3, -0.25) is 9.78 Å². The van der Waals surface area contributed by atoms with E-state index in [-0.39, 0.29) is 23.5 Å². The average molecular weight is 446 g/mol. The van der Waals surface area contributed by atoms with Crippen molar-refractivity contribution in [2.24, 2.45) is 0 Å². The van der Waals surface area contributed by atoms with Crippen LogP contribution in [0.4, 0.5) is 18.9 Å². The van der Waals surface area contributed by atoms with Crippen LogP contribution in [0.3, 0.4) is 0 Å². The van der Waals surface area contributed by atoms with Crippen molar-refractivity contribution in [3.8, 4) is 17.2 Å². The summed E-state index contributed by atoms with van der Waals surface area (Å²) < 4.78 is 51.8. The van der Waals surface area contributed by atoms with Crippen molar-refractivity contribution in [2.75, 3.05) is 12.4 Å². The predicted octanol–water partition coefficient (Wildman–Crippen LogP) is 6.04. The Balaban J connectivity index is 1.65. The standard InChI is InChI=1S/C23H21F3N2O4/c1-14-20(11-12-21(27-14)15(2)30-3)22(29)28-16-7-9-17(10-8-16)31-18-5-4-6-19(13-18)32-23(24,25)26/h4-13,15H,1-3H3,(H,28,29). The Bertz CT molecular complexity index is 1090. The third-order valence-electron chi connectivity index (χ3n) is 4.51. The summed E-state index contributed by atoms with van der Waals surface area (Å²) in [4.78, 5) is 17.0. The fraction of sp³-hybridized carbons (Fsp3) is 0.217. The van der Waals surface area contributed by atoms with Gasteiger partial charge in [-0.1, -0.05) is 6.07 Å². The van der Waals surface area contributed by atoms with Crippen LogP contribution in [-0.2, 0) is 4.74 Å². The summed E-state index contributed by atoms with van der Waals surface area (Å²) >= 11 is 0. The number of nitrogens with zero attached hydrogens (tertiary/aromatic N) is 1. The van der Waals surface area contributed by atoms with E-state index in [4.69, 9.17) is 9.47 Å². The van der Waals surface area contributed by atoms with E-state index >= 15 is 0 Å². The second kappa shape index (κ2) is 9.69. The number of benzene rings is 2. The monoisotopic (exact) mass is 446 g/mol. The highest BCUT2D eigenvalue weighted by atomic mass is 19.4. The third-order valence-corrected chi connectivity index (χ3v) is 4.51. The molecule has 0 aliphatic rings. The molecule has 9 heteroatoms. The van der Waals surface area contributed by atoms with E-state index in [2.05, 4.69) is 15.0 Å². The molecule has 32 heavy (non-hydrogen) atoms. The number of methoxy groups -OCH3 is 1. The zero-order valence-corrected chi connectivity index (χ0v) is 17.6. The van der Waals surface area contributed by atoms with E-state index in [9.17, 15) is 18.0 Å². The summed E-state index contributed by atoms with van der Waals surface area (Å²) in [6, 6.07) is 15.0. The number of aromatic nitrogens is 1. The van der Waals surface area contributed by atoms with Gasteiger partial charge in [0.2, 0.25) is 0 Å². The van der Waals surface area contributed by atoms with Gasteiger partial charge >= 0.3 is 6.36 Å². The number of rotatable bonds is 7. The van der Waals surface area contributed by atoms with Crippen molar-refractivity contribution in [1.29, 1.82) is 0 Å². The van der Waals surface area contributed by atoms with Crippen molar-refractivity contribution in [1.82, 2.24) is 4.98 Å². The second-order valence-corrected chi connectivity index (χ2v) is 6.85. The number of amides is 1. The van der Waals surface area contributed by atoms with Crippen molar-refractivity contribution >= 4 is 11.6 Å².